The van der Waals surface area contributed by atoms with Gasteiger partial charge in [0.25, 0.3) is 17.4 Å². The van der Waals surface area contributed by atoms with Crippen molar-refractivity contribution in [1.29, 1.82) is 0 Å². The lowest BCUT2D eigenvalue weighted by molar-refractivity contribution is -0.125. The molecule has 1 saturated heterocycles. The van der Waals surface area contributed by atoms with Crippen molar-refractivity contribution in [3.8, 4) is 11.3 Å². The number of amides is 1. The molecular weight excluding hydrogens is 378 g/mol. The Morgan fingerprint density at radius 3 is 2.69 bits per heavy atom. The second-order valence-electron chi connectivity index (χ2n) is 6.99. The first-order valence-electron chi connectivity index (χ1n) is 9.43. The normalized spacial score (nSPS) is 15.1. The highest BCUT2D eigenvalue weighted by Crippen LogP contribution is 2.38. The fourth-order valence-electron chi connectivity index (χ4n) is 3.58. The molecule has 0 unspecified atom stereocenters. The Morgan fingerprint density at radius 1 is 1.14 bits per heavy atom. The monoisotopic (exact) mass is 398 g/mol. The number of fused-ring (bicyclic) bond motifs is 1. The molecule has 0 spiro atoms. The number of hydrogen-bond acceptors (Lipinski definition) is 3. The summed E-state index contributed by atoms with van der Waals surface area (Å²) in [7, 11) is 0. The smallest absolute Gasteiger partial charge is 0.273 e. The molecule has 1 aliphatic rings. The van der Waals surface area contributed by atoms with Crippen molar-refractivity contribution < 1.29 is 18.3 Å². The molecule has 1 aliphatic heterocycles. The molecular formula is C22H20F2N2O3. The maximum Gasteiger partial charge on any atom is 0.273 e. The zero-order chi connectivity index (χ0) is 20.6. The van der Waals surface area contributed by atoms with E-state index < -0.39 is 11.5 Å². The van der Waals surface area contributed by atoms with Crippen LogP contribution < -0.4 is 10.5 Å². The minimum Gasteiger partial charge on any atom is -0.370 e. The summed E-state index contributed by atoms with van der Waals surface area (Å²) >= 11 is 0. The van der Waals surface area contributed by atoms with Crippen molar-refractivity contribution in [3.05, 3.63) is 64.4 Å². The van der Waals surface area contributed by atoms with Crippen LogP contribution in [0, 0.1) is 0 Å². The van der Waals surface area contributed by atoms with E-state index in [4.69, 9.17) is 4.74 Å². The van der Waals surface area contributed by atoms with Gasteiger partial charge >= 0.3 is 0 Å². The second-order valence-corrected chi connectivity index (χ2v) is 6.99. The van der Waals surface area contributed by atoms with Crippen LogP contribution in [0.2, 0.25) is 0 Å². The highest BCUT2D eigenvalue weighted by atomic mass is 19.3. The number of halogens is 2. The fourth-order valence-corrected chi connectivity index (χ4v) is 3.58. The molecule has 5 nitrogen and oxygen atoms in total. The molecule has 150 valence electrons. The lowest BCUT2D eigenvalue weighted by Crippen LogP contribution is -2.41. The SMILES string of the molecule is CCC(F)(F)c1ccccc1-c1cc2ccc(N3CCOCC3=O)cc2c(=O)[nH]1. The number of benzene rings is 2. The number of pyridine rings is 1. The highest BCUT2D eigenvalue weighted by molar-refractivity contribution is 5.97. The number of aromatic amines is 1. The summed E-state index contributed by atoms with van der Waals surface area (Å²) in [5.41, 5.74) is 0.733. The minimum atomic E-state index is -3.00. The number of nitrogens with zero attached hydrogens (tertiary/aromatic N) is 1. The third kappa shape index (κ3) is 3.53. The van der Waals surface area contributed by atoms with Gasteiger partial charge in [-0.2, -0.15) is 0 Å². The Balaban J connectivity index is 1.81. The van der Waals surface area contributed by atoms with E-state index in [0.717, 1.165) is 0 Å². The maximum absolute atomic E-state index is 14.4. The molecule has 7 heteroatoms. The largest absolute Gasteiger partial charge is 0.370 e. The number of ether oxygens (including phenoxy) is 1. The van der Waals surface area contributed by atoms with E-state index in [1.165, 1.54) is 13.0 Å². The van der Waals surface area contributed by atoms with Gasteiger partial charge in [0.2, 0.25) is 0 Å². The molecule has 2 heterocycles. The highest BCUT2D eigenvalue weighted by Gasteiger charge is 2.32. The third-order valence-corrected chi connectivity index (χ3v) is 5.18. The van der Waals surface area contributed by atoms with E-state index in [1.54, 1.807) is 47.4 Å². The lowest BCUT2D eigenvalue weighted by Gasteiger charge is -2.27. The third-order valence-electron chi connectivity index (χ3n) is 5.18. The van der Waals surface area contributed by atoms with E-state index >= 15 is 0 Å². The van der Waals surface area contributed by atoms with Gasteiger partial charge in [-0.3, -0.25) is 9.59 Å². The van der Waals surface area contributed by atoms with Gasteiger partial charge in [0.1, 0.15) is 6.61 Å². The van der Waals surface area contributed by atoms with Gasteiger partial charge in [-0.1, -0.05) is 37.3 Å². The van der Waals surface area contributed by atoms with Gasteiger partial charge in [0, 0.05) is 40.9 Å². The van der Waals surface area contributed by atoms with Crippen LogP contribution in [0.25, 0.3) is 22.0 Å². The molecule has 0 bridgehead atoms. The molecule has 0 saturated carbocycles. The van der Waals surface area contributed by atoms with Crippen LogP contribution in [-0.2, 0) is 15.5 Å². The maximum atomic E-state index is 14.4. The first kappa shape index (κ1) is 19.3. The standard InChI is InChI=1S/C22H20F2N2O3/c1-2-22(23,24)18-6-4-3-5-16(18)19-11-14-7-8-15(12-17(14)21(28)25-19)26-9-10-29-13-20(26)27/h3-8,11-12H,2,9-10,13H2,1H3,(H,25,28). The predicted octanol–water partition coefficient (Wildman–Crippen LogP) is 4.06. The summed E-state index contributed by atoms with van der Waals surface area (Å²) in [4.78, 5) is 29.1. The Labute approximate surface area is 165 Å². The first-order valence-corrected chi connectivity index (χ1v) is 9.43. The fraction of sp³-hybridized carbons (Fsp3) is 0.273. The van der Waals surface area contributed by atoms with E-state index in [0.29, 0.717) is 40.9 Å². The number of alkyl halides is 2. The van der Waals surface area contributed by atoms with Crippen molar-refractivity contribution in [1.82, 2.24) is 4.98 Å². The van der Waals surface area contributed by atoms with Crippen molar-refractivity contribution in [2.45, 2.75) is 19.3 Å². The van der Waals surface area contributed by atoms with E-state index in [-0.39, 0.29) is 24.5 Å². The summed E-state index contributed by atoms with van der Waals surface area (Å²) < 4.78 is 33.9. The average molecular weight is 398 g/mol. The quantitative estimate of drug-likeness (QED) is 0.721. The van der Waals surface area contributed by atoms with Crippen molar-refractivity contribution in [3.63, 3.8) is 0 Å². The van der Waals surface area contributed by atoms with Crippen LogP contribution in [0.5, 0.6) is 0 Å². The molecule has 1 amide bonds. The zero-order valence-corrected chi connectivity index (χ0v) is 15.9. The number of anilines is 1. The van der Waals surface area contributed by atoms with Crippen LogP contribution in [0.1, 0.15) is 18.9 Å². The molecule has 0 radical (unpaired) electrons. The van der Waals surface area contributed by atoms with Gasteiger partial charge in [-0.05, 0) is 23.6 Å². The molecule has 3 aromatic rings. The predicted molar refractivity (Wildman–Crippen MR) is 107 cm³/mol. The van der Waals surface area contributed by atoms with Gasteiger partial charge in [-0.25, -0.2) is 8.78 Å². The second kappa shape index (κ2) is 7.40. The number of nitrogens with one attached hydrogen (secondary N) is 1. The number of aromatic nitrogens is 1. The molecule has 4 rings (SSSR count). The molecule has 2 aromatic carbocycles. The average Bonchev–Trinajstić information content (AvgIpc) is 2.74. The molecule has 0 aliphatic carbocycles. The molecule has 1 N–H and O–H groups in total. The Morgan fingerprint density at radius 2 is 1.93 bits per heavy atom. The number of carbonyl (C=O) groups excluding carboxylic acids is 1. The van der Waals surface area contributed by atoms with Gasteiger partial charge in [0.15, 0.2) is 0 Å². The van der Waals surface area contributed by atoms with Crippen molar-refractivity contribution in [2.24, 2.45) is 0 Å². The van der Waals surface area contributed by atoms with E-state index in [1.807, 2.05) is 0 Å². The Kier molecular flexibility index (Phi) is 4.92. The number of H-pyrrole nitrogens is 1. The van der Waals surface area contributed by atoms with Crippen LogP contribution in [-0.4, -0.2) is 30.6 Å². The number of rotatable bonds is 4. The van der Waals surface area contributed by atoms with Crippen molar-refractivity contribution in [2.75, 3.05) is 24.7 Å². The number of morpholine rings is 1. The van der Waals surface area contributed by atoms with Crippen LogP contribution in [0.3, 0.4) is 0 Å². The minimum absolute atomic E-state index is 0.00968. The number of carbonyl (C=O) groups is 1. The topological polar surface area (TPSA) is 62.4 Å². The zero-order valence-electron chi connectivity index (χ0n) is 15.9. The first-order chi connectivity index (χ1) is 13.9. The van der Waals surface area contributed by atoms with Gasteiger partial charge in [0.05, 0.1) is 6.61 Å². The summed E-state index contributed by atoms with van der Waals surface area (Å²) in [5.74, 6) is -3.16. The van der Waals surface area contributed by atoms with Crippen molar-refractivity contribution >= 4 is 22.4 Å². The Bertz CT molecular complexity index is 1140. The lowest BCUT2D eigenvalue weighted by atomic mass is 9.96. The molecule has 1 fully saturated rings. The van der Waals surface area contributed by atoms with E-state index in [2.05, 4.69) is 4.98 Å². The summed E-state index contributed by atoms with van der Waals surface area (Å²) in [6.07, 6.45) is -0.335. The molecule has 29 heavy (non-hydrogen) atoms. The summed E-state index contributed by atoms with van der Waals surface area (Å²) in [6, 6.07) is 13.0. The number of hydrogen-bond donors (Lipinski definition) is 1. The summed E-state index contributed by atoms with van der Waals surface area (Å²) in [6.45, 7) is 2.28. The van der Waals surface area contributed by atoms with Crippen LogP contribution >= 0.6 is 0 Å². The van der Waals surface area contributed by atoms with E-state index in [9.17, 15) is 18.4 Å². The van der Waals surface area contributed by atoms with Gasteiger partial charge in [-0.15, -0.1) is 0 Å². The summed E-state index contributed by atoms with van der Waals surface area (Å²) in [5, 5.41) is 1.01. The van der Waals surface area contributed by atoms with Gasteiger partial charge < -0.3 is 14.6 Å². The molecule has 1 aromatic heterocycles. The Hall–Kier alpha value is -3.06. The molecule has 0 atom stereocenters. The van der Waals surface area contributed by atoms with Crippen LogP contribution in [0.15, 0.2) is 53.3 Å². The van der Waals surface area contributed by atoms with Crippen LogP contribution in [0.4, 0.5) is 14.5 Å².